The predicted octanol–water partition coefficient (Wildman–Crippen LogP) is 4.75. The van der Waals surface area contributed by atoms with E-state index in [1.54, 1.807) is 4.90 Å². The Morgan fingerprint density at radius 1 is 1.09 bits per heavy atom. The summed E-state index contributed by atoms with van der Waals surface area (Å²) in [6.07, 6.45) is -0.0758. The van der Waals surface area contributed by atoms with Gasteiger partial charge >= 0.3 is 5.97 Å². The largest absolute Gasteiger partial charge is 0.478 e. The topological polar surface area (TPSA) is 99.1 Å². The standard InChI is InChI=1S/C23H18FN3O4S2/c24-15-5-9-17(10-6-15)26-23-27(13-18-2-1-11-32-18)21(29)19(33-23)12-20(28)25-16-7-3-14(4-8-16)22(30)31/h1-11,19H,12-13H2,(H,25,28)(H,30,31). The molecule has 2 N–H and O–H groups in total. The van der Waals surface area contributed by atoms with Gasteiger partial charge in [0.15, 0.2) is 5.17 Å². The van der Waals surface area contributed by atoms with Crippen LogP contribution < -0.4 is 5.32 Å². The number of aromatic carboxylic acids is 1. The summed E-state index contributed by atoms with van der Waals surface area (Å²) in [5.41, 5.74) is 1.06. The summed E-state index contributed by atoms with van der Waals surface area (Å²) >= 11 is 2.71. The number of carbonyl (C=O) groups excluding carboxylic acids is 2. The number of carbonyl (C=O) groups is 3. The molecular weight excluding hydrogens is 465 g/mol. The number of carboxylic acids is 1. The Hall–Kier alpha value is -3.50. The highest BCUT2D eigenvalue weighted by Gasteiger charge is 2.39. The second-order valence-electron chi connectivity index (χ2n) is 7.12. The van der Waals surface area contributed by atoms with Crippen molar-refractivity contribution in [2.45, 2.75) is 18.2 Å². The molecule has 0 bridgehead atoms. The van der Waals surface area contributed by atoms with E-state index in [0.29, 0.717) is 23.1 Å². The Morgan fingerprint density at radius 2 is 1.82 bits per heavy atom. The molecule has 168 valence electrons. The minimum atomic E-state index is -1.06. The maximum Gasteiger partial charge on any atom is 0.335 e. The van der Waals surface area contributed by atoms with Gasteiger partial charge in [-0.15, -0.1) is 11.3 Å². The maximum atomic E-state index is 13.2. The summed E-state index contributed by atoms with van der Waals surface area (Å²) in [6.45, 7) is 0.332. The van der Waals surface area contributed by atoms with Crippen LogP contribution in [0.3, 0.4) is 0 Å². The highest BCUT2D eigenvalue weighted by atomic mass is 32.2. The molecule has 1 aliphatic heterocycles. The lowest BCUT2D eigenvalue weighted by Gasteiger charge is -2.15. The molecule has 33 heavy (non-hydrogen) atoms. The van der Waals surface area contributed by atoms with E-state index in [1.165, 1.54) is 71.6 Å². The number of nitrogens with one attached hydrogen (secondary N) is 1. The molecule has 2 amide bonds. The van der Waals surface area contributed by atoms with Gasteiger partial charge in [0.2, 0.25) is 11.8 Å². The zero-order valence-electron chi connectivity index (χ0n) is 17.1. The summed E-state index contributed by atoms with van der Waals surface area (Å²) < 4.78 is 13.2. The van der Waals surface area contributed by atoms with E-state index >= 15 is 0 Å². The molecule has 1 unspecified atom stereocenters. The van der Waals surface area contributed by atoms with E-state index in [4.69, 9.17) is 5.11 Å². The number of hydrogen-bond donors (Lipinski definition) is 2. The molecule has 1 aromatic heterocycles. The highest BCUT2D eigenvalue weighted by Crippen LogP contribution is 2.33. The molecule has 0 spiro atoms. The monoisotopic (exact) mass is 483 g/mol. The number of amides is 2. The third-order valence-corrected chi connectivity index (χ3v) is 6.79. The zero-order valence-corrected chi connectivity index (χ0v) is 18.7. The van der Waals surface area contributed by atoms with Gasteiger partial charge < -0.3 is 10.4 Å². The van der Waals surface area contributed by atoms with Gasteiger partial charge in [-0.3, -0.25) is 14.5 Å². The Kier molecular flexibility index (Phi) is 6.85. The van der Waals surface area contributed by atoms with Crippen LogP contribution in [0.15, 0.2) is 71.0 Å². The minimum absolute atomic E-state index is 0.0758. The number of carboxylic acid groups (broad SMARTS) is 1. The predicted molar refractivity (Wildman–Crippen MR) is 126 cm³/mol. The second kappa shape index (κ2) is 9.97. The molecule has 10 heteroatoms. The van der Waals surface area contributed by atoms with Crippen molar-refractivity contribution in [1.29, 1.82) is 0 Å². The van der Waals surface area contributed by atoms with Crippen molar-refractivity contribution in [3.05, 3.63) is 82.3 Å². The van der Waals surface area contributed by atoms with Crippen molar-refractivity contribution in [1.82, 2.24) is 4.90 Å². The first kappa shape index (κ1) is 22.7. The van der Waals surface area contributed by atoms with Crippen LogP contribution in [0.5, 0.6) is 0 Å². The summed E-state index contributed by atoms with van der Waals surface area (Å²) in [5, 5.41) is 13.4. The van der Waals surface area contributed by atoms with Crippen molar-refractivity contribution in [3.63, 3.8) is 0 Å². The average Bonchev–Trinajstić information content (AvgIpc) is 3.40. The molecular formula is C23H18FN3O4S2. The molecule has 1 saturated heterocycles. The molecule has 0 aliphatic carbocycles. The number of thioether (sulfide) groups is 1. The Labute approximate surface area is 197 Å². The van der Waals surface area contributed by atoms with Gasteiger partial charge in [0.25, 0.3) is 0 Å². The normalized spacial score (nSPS) is 16.9. The van der Waals surface area contributed by atoms with E-state index in [2.05, 4.69) is 10.3 Å². The van der Waals surface area contributed by atoms with Crippen molar-refractivity contribution in [2.24, 2.45) is 4.99 Å². The number of hydrogen-bond acceptors (Lipinski definition) is 6. The number of amidine groups is 1. The van der Waals surface area contributed by atoms with E-state index in [-0.39, 0.29) is 29.6 Å². The van der Waals surface area contributed by atoms with E-state index in [1.807, 2.05) is 17.5 Å². The van der Waals surface area contributed by atoms with Gasteiger partial charge in [0.05, 0.1) is 17.8 Å². The molecule has 2 heterocycles. The van der Waals surface area contributed by atoms with Gasteiger partial charge in [-0.25, -0.2) is 14.2 Å². The fraction of sp³-hybridized carbons (Fsp3) is 0.130. The molecule has 1 atom stereocenters. The molecule has 4 rings (SSSR count). The molecule has 1 fully saturated rings. The number of aliphatic imine (C=N–C) groups is 1. The zero-order chi connectivity index (χ0) is 23.4. The fourth-order valence-corrected chi connectivity index (χ4v) is 4.98. The van der Waals surface area contributed by atoms with Crippen molar-refractivity contribution in [2.75, 3.05) is 5.32 Å². The molecule has 3 aromatic rings. The highest BCUT2D eigenvalue weighted by molar-refractivity contribution is 8.15. The third-order valence-electron chi connectivity index (χ3n) is 4.75. The average molecular weight is 484 g/mol. The summed E-state index contributed by atoms with van der Waals surface area (Å²) in [7, 11) is 0. The molecule has 7 nitrogen and oxygen atoms in total. The van der Waals surface area contributed by atoms with Crippen LogP contribution in [-0.2, 0) is 16.1 Å². The van der Waals surface area contributed by atoms with Crippen LogP contribution in [0.25, 0.3) is 0 Å². The molecule has 0 radical (unpaired) electrons. The quantitative estimate of drug-likeness (QED) is 0.506. The van der Waals surface area contributed by atoms with Gasteiger partial charge in [0, 0.05) is 17.0 Å². The number of rotatable bonds is 7. The molecule has 0 saturated carbocycles. The van der Waals surface area contributed by atoms with Gasteiger partial charge in [0.1, 0.15) is 11.1 Å². The lowest BCUT2D eigenvalue weighted by atomic mass is 10.2. The molecule has 1 aliphatic rings. The third kappa shape index (κ3) is 5.65. The summed E-state index contributed by atoms with van der Waals surface area (Å²) in [4.78, 5) is 43.7. The first-order valence-corrected chi connectivity index (χ1v) is 11.6. The van der Waals surface area contributed by atoms with E-state index in [9.17, 15) is 18.8 Å². The van der Waals surface area contributed by atoms with Crippen molar-refractivity contribution >= 4 is 57.4 Å². The van der Waals surface area contributed by atoms with Crippen LogP contribution >= 0.6 is 23.1 Å². The Balaban J connectivity index is 1.49. The van der Waals surface area contributed by atoms with Gasteiger partial charge in [-0.2, -0.15) is 0 Å². The van der Waals surface area contributed by atoms with Crippen LogP contribution in [0.1, 0.15) is 21.7 Å². The van der Waals surface area contributed by atoms with Crippen molar-refractivity contribution < 1.29 is 23.9 Å². The smallest absolute Gasteiger partial charge is 0.335 e. The maximum absolute atomic E-state index is 13.2. The fourth-order valence-electron chi connectivity index (χ4n) is 3.13. The first-order chi connectivity index (χ1) is 15.9. The van der Waals surface area contributed by atoms with Crippen LogP contribution in [0, 0.1) is 5.82 Å². The SMILES string of the molecule is O=C(CC1SC(=Nc2ccc(F)cc2)N(Cc2cccs2)C1=O)Nc1ccc(C(=O)O)cc1. The van der Waals surface area contributed by atoms with Crippen LogP contribution in [0.4, 0.5) is 15.8 Å². The van der Waals surface area contributed by atoms with Crippen LogP contribution in [0.2, 0.25) is 0 Å². The number of benzene rings is 2. The number of halogens is 1. The van der Waals surface area contributed by atoms with E-state index in [0.717, 1.165) is 4.88 Å². The number of nitrogens with zero attached hydrogens (tertiary/aromatic N) is 2. The van der Waals surface area contributed by atoms with Crippen molar-refractivity contribution in [3.8, 4) is 0 Å². The van der Waals surface area contributed by atoms with Gasteiger partial charge in [-0.1, -0.05) is 17.8 Å². The number of thiophene rings is 1. The van der Waals surface area contributed by atoms with Crippen LogP contribution in [-0.4, -0.2) is 38.2 Å². The summed E-state index contributed by atoms with van der Waals surface area (Å²) in [5.74, 6) is -2.04. The van der Waals surface area contributed by atoms with E-state index < -0.39 is 11.2 Å². The molecule has 2 aromatic carbocycles. The lowest BCUT2D eigenvalue weighted by Crippen LogP contribution is -2.32. The Morgan fingerprint density at radius 3 is 2.45 bits per heavy atom. The number of anilines is 1. The van der Waals surface area contributed by atoms with Gasteiger partial charge in [-0.05, 0) is 60.0 Å². The summed E-state index contributed by atoms with van der Waals surface area (Å²) in [6, 6.07) is 15.2. The first-order valence-electron chi connectivity index (χ1n) is 9.87. The Bertz CT molecular complexity index is 1200. The minimum Gasteiger partial charge on any atom is -0.478 e. The second-order valence-corrected chi connectivity index (χ2v) is 9.32. The lowest BCUT2D eigenvalue weighted by molar-refractivity contribution is -0.128.